The Bertz CT molecular complexity index is 501. The van der Waals surface area contributed by atoms with E-state index in [1.807, 2.05) is 0 Å². The van der Waals surface area contributed by atoms with E-state index in [1.54, 1.807) is 18.9 Å². The summed E-state index contributed by atoms with van der Waals surface area (Å²) in [5.74, 6) is 0. The second-order valence-corrected chi connectivity index (χ2v) is 5.19. The summed E-state index contributed by atoms with van der Waals surface area (Å²) in [6, 6.07) is 6.44. The summed E-state index contributed by atoms with van der Waals surface area (Å²) < 4.78 is 5.00. The number of hydrogen-bond acceptors (Lipinski definition) is 5. The number of aryl methyl sites for hydroxylation is 1. The zero-order chi connectivity index (χ0) is 13.5. The molecule has 2 aromatic rings. The molecule has 1 aromatic heterocycles. The van der Waals surface area contributed by atoms with E-state index in [4.69, 9.17) is 4.74 Å². The Kier molecular flexibility index (Phi) is 5.38. The minimum absolute atomic E-state index is 0.735. The lowest BCUT2D eigenvalue weighted by Crippen LogP contribution is -2.18. The molecule has 2 rings (SSSR count). The predicted octanol–water partition coefficient (Wildman–Crippen LogP) is 2.00. The zero-order valence-electron chi connectivity index (χ0n) is 11.1. The summed E-state index contributed by atoms with van der Waals surface area (Å²) in [5, 5.41) is 10.8. The van der Waals surface area contributed by atoms with E-state index in [1.165, 1.54) is 22.3 Å². The van der Waals surface area contributed by atoms with Crippen molar-refractivity contribution in [1.29, 1.82) is 0 Å². The average molecular weight is 278 g/mol. The van der Waals surface area contributed by atoms with Crippen molar-refractivity contribution in [3.8, 4) is 0 Å². The van der Waals surface area contributed by atoms with Crippen molar-refractivity contribution >= 4 is 11.8 Å². The first-order valence-corrected chi connectivity index (χ1v) is 6.93. The summed E-state index contributed by atoms with van der Waals surface area (Å²) in [6.45, 7) is 4.57. The number of nitrogens with one attached hydrogen (secondary N) is 2. The number of benzene rings is 1. The van der Waals surface area contributed by atoms with Crippen LogP contribution in [0.5, 0.6) is 0 Å². The molecule has 0 saturated carbocycles. The van der Waals surface area contributed by atoms with Gasteiger partial charge in [0.2, 0.25) is 0 Å². The second kappa shape index (κ2) is 7.28. The Labute approximate surface area is 117 Å². The highest BCUT2D eigenvalue weighted by Crippen LogP contribution is 2.27. The van der Waals surface area contributed by atoms with Gasteiger partial charge in [0, 0.05) is 25.1 Å². The molecule has 0 spiro atoms. The summed E-state index contributed by atoms with van der Waals surface area (Å²) >= 11 is 1.59. The summed E-state index contributed by atoms with van der Waals surface area (Å²) in [7, 11) is 1.71. The van der Waals surface area contributed by atoms with E-state index < -0.39 is 0 Å². The monoisotopic (exact) mass is 278 g/mol. The van der Waals surface area contributed by atoms with Crippen molar-refractivity contribution in [3.05, 3.63) is 35.7 Å². The molecule has 6 heteroatoms. The third-order valence-corrected chi connectivity index (χ3v) is 3.72. The third-order valence-electron chi connectivity index (χ3n) is 2.65. The van der Waals surface area contributed by atoms with Gasteiger partial charge in [-0.25, -0.2) is 4.98 Å². The number of nitrogens with zero attached hydrogens (tertiary/aromatic N) is 2. The van der Waals surface area contributed by atoms with E-state index in [0.717, 1.165) is 24.9 Å². The van der Waals surface area contributed by atoms with E-state index in [0.29, 0.717) is 0 Å². The Hall–Kier alpha value is -1.37. The SMILES string of the molecule is COCCNCc1ccc(Sc2ncn[nH]2)c(C)c1. The number of hydrogen-bond donors (Lipinski definition) is 2. The molecule has 1 heterocycles. The Morgan fingerprint density at radius 1 is 1.42 bits per heavy atom. The highest BCUT2D eigenvalue weighted by atomic mass is 32.2. The van der Waals surface area contributed by atoms with Crippen LogP contribution in [-0.2, 0) is 11.3 Å². The maximum atomic E-state index is 5.00. The molecule has 5 nitrogen and oxygen atoms in total. The molecule has 1 aromatic carbocycles. The molecule has 0 bridgehead atoms. The van der Waals surface area contributed by atoms with Crippen LogP contribution in [0, 0.1) is 6.92 Å². The zero-order valence-corrected chi connectivity index (χ0v) is 12.0. The summed E-state index contributed by atoms with van der Waals surface area (Å²) in [5.41, 5.74) is 2.52. The van der Waals surface area contributed by atoms with Crippen molar-refractivity contribution < 1.29 is 4.74 Å². The normalized spacial score (nSPS) is 10.8. The third kappa shape index (κ3) is 4.34. The highest BCUT2D eigenvalue weighted by Gasteiger charge is 2.04. The van der Waals surface area contributed by atoms with Gasteiger partial charge in [-0.2, -0.15) is 5.10 Å². The molecule has 0 radical (unpaired) electrons. The van der Waals surface area contributed by atoms with Gasteiger partial charge < -0.3 is 10.1 Å². The van der Waals surface area contributed by atoms with E-state index in [-0.39, 0.29) is 0 Å². The molecule has 0 aliphatic rings. The van der Waals surface area contributed by atoms with Gasteiger partial charge in [-0.15, -0.1) is 0 Å². The van der Waals surface area contributed by atoms with Gasteiger partial charge in [0.05, 0.1) is 6.61 Å². The first kappa shape index (κ1) is 14.0. The van der Waals surface area contributed by atoms with Crippen LogP contribution in [-0.4, -0.2) is 35.4 Å². The first-order valence-electron chi connectivity index (χ1n) is 6.12. The van der Waals surface area contributed by atoms with Gasteiger partial charge in [0.1, 0.15) is 6.33 Å². The molecule has 0 amide bonds. The fourth-order valence-corrected chi connectivity index (χ4v) is 2.45. The predicted molar refractivity (Wildman–Crippen MR) is 75.3 cm³/mol. The van der Waals surface area contributed by atoms with Crippen LogP contribution in [0.1, 0.15) is 11.1 Å². The van der Waals surface area contributed by atoms with Crippen LogP contribution in [0.2, 0.25) is 0 Å². The number of aromatic nitrogens is 3. The lowest BCUT2D eigenvalue weighted by Gasteiger charge is -2.08. The number of methoxy groups -OCH3 is 1. The average Bonchev–Trinajstić information content (AvgIpc) is 2.91. The second-order valence-electron chi connectivity index (χ2n) is 4.16. The Morgan fingerprint density at radius 2 is 2.32 bits per heavy atom. The fraction of sp³-hybridized carbons (Fsp3) is 0.385. The van der Waals surface area contributed by atoms with Gasteiger partial charge in [-0.3, -0.25) is 5.10 Å². The fourth-order valence-electron chi connectivity index (χ4n) is 1.69. The van der Waals surface area contributed by atoms with Gasteiger partial charge >= 0.3 is 0 Å². The van der Waals surface area contributed by atoms with Crippen molar-refractivity contribution in [1.82, 2.24) is 20.5 Å². The molecule has 0 aliphatic carbocycles. The van der Waals surface area contributed by atoms with Crippen LogP contribution in [0.25, 0.3) is 0 Å². The van der Waals surface area contributed by atoms with Gasteiger partial charge in [0.25, 0.3) is 0 Å². The number of ether oxygens (including phenoxy) is 1. The highest BCUT2D eigenvalue weighted by molar-refractivity contribution is 7.99. The van der Waals surface area contributed by atoms with Crippen LogP contribution in [0.4, 0.5) is 0 Å². The molecule has 2 N–H and O–H groups in total. The molecular formula is C13H18N4OS. The first-order chi connectivity index (χ1) is 9.29. The smallest absolute Gasteiger partial charge is 0.188 e. The van der Waals surface area contributed by atoms with Crippen molar-refractivity contribution in [3.63, 3.8) is 0 Å². The number of H-pyrrole nitrogens is 1. The van der Waals surface area contributed by atoms with Gasteiger partial charge in [-0.05, 0) is 24.1 Å². The lowest BCUT2D eigenvalue weighted by molar-refractivity contribution is 0.199. The molecule has 0 atom stereocenters. The number of rotatable bonds is 7. The largest absolute Gasteiger partial charge is 0.383 e. The molecule has 102 valence electrons. The van der Waals surface area contributed by atoms with Gasteiger partial charge in [-0.1, -0.05) is 23.9 Å². The quantitative estimate of drug-likeness (QED) is 0.759. The van der Waals surface area contributed by atoms with Crippen LogP contribution < -0.4 is 5.32 Å². The minimum atomic E-state index is 0.735. The molecular weight excluding hydrogens is 260 g/mol. The topological polar surface area (TPSA) is 62.8 Å². The number of aromatic amines is 1. The van der Waals surface area contributed by atoms with E-state index in [9.17, 15) is 0 Å². The molecule has 0 unspecified atom stereocenters. The van der Waals surface area contributed by atoms with Crippen LogP contribution >= 0.6 is 11.8 Å². The van der Waals surface area contributed by atoms with E-state index >= 15 is 0 Å². The molecule has 19 heavy (non-hydrogen) atoms. The maximum absolute atomic E-state index is 5.00. The molecule has 0 aliphatic heterocycles. The van der Waals surface area contributed by atoms with Crippen LogP contribution in [0.15, 0.2) is 34.6 Å². The van der Waals surface area contributed by atoms with Crippen molar-refractivity contribution in [2.45, 2.75) is 23.5 Å². The van der Waals surface area contributed by atoms with Crippen LogP contribution in [0.3, 0.4) is 0 Å². The molecule has 0 saturated heterocycles. The van der Waals surface area contributed by atoms with E-state index in [2.05, 4.69) is 45.6 Å². The Morgan fingerprint density at radius 3 is 3.00 bits per heavy atom. The summed E-state index contributed by atoms with van der Waals surface area (Å²) in [6.07, 6.45) is 1.52. The standard InChI is InChI=1S/C13H18N4OS/c1-10-7-11(8-14-5-6-18-2)3-4-12(10)19-13-15-9-16-17-13/h3-4,7,9,14H,5-6,8H2,1-2H3,(H,15,16,17). The lowest BCUT2D eigenvalue weighted by atomic mass is 10.1. The Balaban J connectivity index is 1.93. The van der Waals surface area contributed by atoms with Crippen molar-refractivity contribution in [2.24, 2.45) is 0 Å². The van der Waals surface area contributed by atoms with Crippen molar-refractivity contribution in [2.75, 3.05) is 20.3 Å². The maximum Gasteiger partial charge on any atom is 0.188 e. The minimum Gasteiger partial charge on any atom is -0.383 e. The van der Waals surface area contributed by atoms with Gasteiger partial charge in [0.15, 0.2) is 5.16 Å². The molecule has 0 fully saturated rings. The summed E-state index contributed by atoms with van der Waals surface area (Å²) in [4.78, 5) is 5.31.